The van der Waals surface area contributed by atoms with E-state index in [1.165, 1.54) is 6.07 Å². The fraction of sp³-hybridized carbons (Fsp3) is 0.478. The summed E-state index contributed by atoms with van der Waals surface area (Å²) in [6.45, 7) is 24.7. The van der Waals surface area contributed by atoms with Gasteiger partial charge in [0.05, 0.1) is 79.3 Å². The van der Waals surface area contributed by atoms with Crippen molar-refractivity contribution in [1.82, 2.24) is 0 Å². The molecule has 18 nitrogen and oxygen atoms in total. The van der Waals surface area contributed by atoms with Crippen molar-refractivity contribution in [1.29, 1.82) is 0 Å². The fourth-order valence-corrected chi connectivity index (χ4v) is 9.25. The van der Waals surface area contributed by atoms with E-state index < -0.39 is 0 Å². The second-order valence-electron chi connectivity index (χ2n) is 24.3. The Labute approximate surface area is 515 Å². The maximum absolute atomic E-state index is 9.89. The van der Waals surface area contributed by atoms with Gasteiger partial charge in [-0.25, -0.2) is 0 Å². The maximum atomic E-state index is 9.89. The van der Waals surface area contributed by atoms with Crippen LogP contribution in [0.4, 0.5) is 0 Å². The van der Waals surface area contributed by atoms with Gasteiger partial charge in [-0.3, -0.25) is 0 Å². The highest BCUT2D eigenvalue weighted by atomic mass is 16.3. The van der Waals surface area contributed by atoms with Gasteiger partial charge in [0.15, 0.2) is 0 Å². The van der Waals surface area contributed by atoms with Gasteiger partial charge >= 0.3 is 0 Å². The highest BCUT2D eigenvalue weighted by molar-refractivity contribution is 5.48. The first-order chi connectivity index (χ1) is 40.2. The number of rotatable bonds is 17. The predicted octanol–water partition coefficient (Wildman–Crippen LogP) is 9.54. The van der Waals surface area contributed by atoms with Crippen LogP contribution in [0, 0.1) is 18.3 Å². The van der Waals surface area contributed by atoms with Gasteiger partial charge in [0.25, 0.3) is 0 Å². The van der Waals surface area contributed by atoms with Crippen molar-refractivity contribution in [3.63, 3.8) is 0 Å². The van der Waals surface area contributed by atoms with Gasteiger partial charge in [-0.1, -0.05) is 114 Å². The molecule has 1 unspecified atom stereocenters. The lowest BCUT2D eigenvalue weighted by molar-refractivity contribution is 0.259. The molecular formula is C69H104O18. The summed E-state index contributed by atoms with van der Waals surface area (Å²) in [6, 6.07) is 22.3. The molecule has 0 saturated carbocycles. The van der Waals surface area contributed by atoms with Crippen LogP contribution in [-0.4, -0.2) is 91.9 Å². The second-order valence-corrected chi connectivity index (χ2v) is 24.3. The van der Waals surface area contributed by atoms with E-state index in [9.17, 15) is 35.7 Å². The van der Waals surface area contributed by atoms with E-state index in [2.05, 4.69) is 55.4 Å². The molecule has 18 heteroatoms. The molecule has 0 heterocycles. The van der Waals surface area contributed by atoms with Crippen molar-refractivity contribution >= 4 is 0 Å². The zero-order valence-corrected chi connectivity index (χ0v) is 52.6. The SMILES string of the molecule is C.CC(C)(C)CC(C)(C)c1cc(CO)c(O)c(CO)c1.CC(C)(C)c1cc(CO)c(O)c(CO)c1.CC(C)C(C)c1cc(CO)c(O)c(CO)c1.CCc1cc(CO)c(O)c(CO)c1.Cc1cc(CO)c(O)c(CO)c1.OCc1ccc(O)c(CO)c1. The summed E-state index contributed by atoms with van der Waals surface area (Å²) >= 11 is 0. The van der Waals surface area contributed by atoms with E-state index in [0.29, 0.717) is 78.6 Å². The first-order valence-corrected chi connectivity index (χ1v) is 28.5. The van der Waals surface area contributed by atoms with Gasteiger partial charge < -0.3 is 91.9 Å². The third-order valence-electron chi connectivity index (χ3n) is 14.3. The second kappa shape index (κ2) is 38.1. The molecule has 0 aliphatic carbocycles. The molecule has 0 saturated heterocycles. The Morgan fingerprint density at radius 2 is 0.644 bits per heavy atom. The molecular weight excluding hydrogens is 1120 g/mol. The average molecular weight is 1220 g/mol. The van der Waals surface area contributed by atoms with E-state index in [1.807, 2.05) is 46.8 Å². The van der Waals surface area contributed by atoms with Crippen LogP contribution >= 0.6 is 0 Å². The van der Waals surface area contributed by atoms with E-state index in [1.54, 1.807) is 60.7 Å². The van der Waals surface area contributed by atoms with Gasteiger partial charge in [0, 0.05) is 61.2 Å². The van der Waals surface area contributed by atoms with Crippen LogP contribution < -0.4 is 0 Å². The van der Waals surface area contributed by atoms with E-state index in [4.69, 9.17) is 56.2 Å². The Kier molecular flexibility index (Phi) is 35.3. The Morgan fingerprint density at radius 1 is 0.356 bits per heavy atom. The minimum absolute atomic E-state index is 0. The third kappa shape index (κ3) is 25.0. The highest BCUT2D eigenvalue weighted by Crippen LogP contribution is 2.39. The summed E-state index contributed by atoms with van der Waals surface area (Å²) in [5.41, 5.74) is 10.9. The van der Waals surface area contributed by atoms with Gasteiger partial charge in [-0.2, -0.15) is 0 Å². The quantitative estimate of drug-likeness (QED) is 0.0404. The van der Waals surface area contributed by atoms with Crippen LogP contribution in [0.2, 0.25) is 0 Å². The molecule has 1 atom stereocenters. The lowest BCUT2D eigenvalue weighted by Gasteiger charge is -2.33. The predicted molar refractivity (Wildman–Crippen MR) is 340 cm³/mol. The van der Waals surface area contributed by atoms with Crippen LogP contribution in [0.25, 0.3) is 0 Å². The molecule has 0 aliphatic heterocycles. The molecule has 0 radical (unpaired) electrons. The first kappa shape index (κ1) is 80.6. The number of aromatic hydroxyl groups is 6. The summed E-state index contributed by atoms with van der Waals surface area (Å²) in [5, 5.41) is 165. The van der Waals surface area contributed by atoms with Crippen molar-refractivity contribution in [2.24, 2.45) is 11.3 Å². The minimum Gasteiger partial charge on any atom is -0.508 e. The zero-order valence-electron chi connectivity index (χ0n) is 52.6. The molecule has 6 rings (SSSR count). The molecule has 6 aromatic carbocycles. The van der Waals surface area contributed by atoms with Gasteiger partial charge in [-0.15, -0.1) is 0 Å². The third-order valence-corrected chi connectivity index (χ3v) is 14.3. The normalized spacial score (nSPS) is 11.5. The summed E-state index contributed by atoms with van der Waals surface area (Å²) in [5.74, 6) is 0.856. The van der Waals surface area contributed by atoms with Crippen LogP contribution in [0.5, 0.6) is 34.5 Å². The monoisotopic (exact) mass is 1220 g/mol. The van der Waals surface area contributed by atoms with Gasteiger partial charge in [0.1, 0.15) is 34.5 Å². The van der Waals surface area contributed by atoms with Gasteiger partial charge in [0.2, 0.25) is 0 Å². The van der Waals surface area contributed by atoms with Crippen LogP contribution in [0.3, 0.4) is 0 Å². The van der Waals surface area contributed by atoms with E-state index in [-0.39, 0.29) is 137 Å². The standard InChI is InChI=1S/C16H26O3.C13H20O3.C12H18O3.C10H14O3.C9H12O3.C8H10O3.CH4/c1-15(2,3)10-16(4,5)13-6-11(8-17)14(19)12(7-13)9-18;1-8(2)9(3)10-4-11(6-14)13(16)12(5-10)7-15;1-12(2,3)10-4-8(6-13)11(15)9(5-10)7-14;1-2-7-3-8(5-11)10(13)9(4-7)6-12;1-6-2-7(4-10)9(12)8(3-6)5-11;9-4-6-1-2-8(11)7(3-6)5-10;/h6-7,17-19H,8-10H2,1-5H3;4-5,8-9,14-16H,6-7H2,1-3H3;4-5,13-15H,6-7H2,1-3H3;3-4,11-13H,2,5-6H2,1H3;2-3,10-12H,4-5H2,1H3;1-3,9-11H,4-5H2;1H4. The van der Waals surface area contributed by atoms with Gasteiger partial charge in [-0.05, 0) is 136 Å². The Morgan fingerprint density at radius 3 is 0.920 bits per heavy atom. The molecule has 0 amide bonds. The number of aryl methyl sites for hydroxylation is 2. The van der Waals surface area contributed by atoms with Crippen LogP contribution in [0.15, 0.2) is 78.9 Å². The lowest BCUT2D eigenvalue weighted by atomic mass is 9.71. The Balaban J connectivity index is 0.00000103. The number of hydrogen-bond donors (Lipinski definition) is 18. The van der Waals surface area contributed by atoms with Crippen LogP contribution in [-0.2, 0) is 96.5 Å². The molecule has 488 valence electrons. The molecule has 87 heavy (non-hydrogen) atoms. The number of aliphatic hydroxyl groups excluding tert-OH is 12. The summed E-state index contributed by atoms with van der Waals surface area (Å²) < 4.78 is 0. The van der Waals surface area contributed by atoms with Crippen molar-refractivity contribution in [3.05, 3.63) is 173 Å². The number of benzene rings is 6. The van der Waals surface area contributed by atoms with Crippen molar-refractivity contribution in [2.45, 2.75) is 206 Å². The number of phenols is 6. The summed E-state index contributed by atoms with van der Waals surface area (Å²) in [7, 11) is 0. The topological polar surface area (TPSA) is 364 Å². The fourth-order valence-electron chi connectivity index (χ4n) is 9.25. The molecule has 0 aliphatic rings. The van der Waals surface area contributed by atoms with Crippen molar-refractivity contribution in [2.75, 3.05) is 0 Å². The lowest BCUT2D eigenvalue weighted by Crippen LogP contribution is -2.25. The smallest absolute Gasteiger partial charge is 0.126 e. The summed E-state index contributed by atoms with van der Waals surface area (Å²) in [4.78, 5) is 0. The van der Waals surface area contributed by atoms with Crippen molar-refractivity contribution in [3.8, 4) is 34.5 Å². The minimum atomic E-state index is -0.224. The Hall–Kier alpha value is -6.36. The van der Waals surface area contributed by atoms with E-state index in [0.717, 1.165) is 40.7 Å². The highest BCUT2D eigenvalue weighted by Gasteiger charge is 2.29. The molecule has 6 aromatic rings. The number of aliphatic hydroxyl groups is 12. The molecule has 0 bridgehead atoms. The average Bonchev–Trinajstić information content (AvgIpc) is 2.07. The van der Waals surface area contributed by atoms with Crippen LogP contribution in [0.1, 0.15) is 197 Å². The Bertz CT molecular complexity index is 2880. The first-order valence-electron chi connectivity index (χ1n) is 28.5. The molecule has 18 N–H and O–H groups in total. The largest absolute Gasteiger partial charge is 0.508 e. The molecule has 0 aromatic heterocycles. The summed E-state index contributed by atoms with van der Waals surface area (Å²) in [6.07, 6.45) is 1.79. The molecule has 0 fully saturated rings. The van der Waals surface area contributed by atoms with E-state index >= 15 is 0 Å². The molecule has 0 spiro atoms. The number of hydrogen-bond acceptors (Lipinski definition) is 18. The maximum Gasteiger partial charge on any atom is 0.126 e. The zero-order chi connectivity index (χ0) is 66.0. The van der Waals surface area contributed by atoms with Crippen molar-refractivity contribution < 1.29 is 91.9 Å².